The van der Waals surface area contributed by atoms with Crippen LogP contribution in [0.15, 0.2) is 18.5 Å². The van der Waals surface area contributed by atoms with E-state index in [9.17, 15) is 0 Å². The summed E-state index contributed by atoms with van der Waals surface area (Å²) in [6, 6.07) is 1.89. The van der Waals surface area contributed by atoms with Crippen LogP contribution in [0.1, 0.15) is 32.0 Å². The number of rotatable bonds is 0. The number of nitrogens with zero attached hydrogens (tertiary/aromatic N) is 3. The maximum atomic E-state index is 4.43. The summed E-state index contributed by atoms with van der Waals surface area (Å²) in [7, 11) is 0. The summed E-state index contributed by atoms with van der Waals surface area (Å²) < 4.78 is 1.84. The fourth-order valence-corrected chi connectivity index (χ4v) is 1.87. The molecule has 74 valence electrons. The molecule has 3 heteroatoms. The fraction of sp³-hybridized carbons (Fsp3) is 0.455. The lowest BCUT2D eigenvalue weighted by molar-refractivity contribution is 0.590. The van der Waals surface area contributed by atoms with Crippen molar-refractivity contribution in [2.45, 2.75) is 33.1 Å². The van der Waals surface area contributed by atoms with Crippen molar-refractivity contribution in [2.24, 2.45) is 0 Å². The average molecular weight is 189 g/mol. The van der Waals surface area contributed by atoms with Gasteiger partial charge in [-0.2, -0.15) is 5.10 Å². The Balaban J connectivity index is 2.81. The molecule has 2 rings (SSSR count). The third-order valence-electron chi connectivity index (χ3n) is 2.32. The van der Waals surface area contributed by atoms with Gasteiger partial charge in [0.05, 0.1) is 5.69 Å². The predicted octanol–water partition coefficient (Wildman–Crippen LogP) is 2.34. The maximum Gasteiger partial charge on any atom is 0.158 e. The van der Waals surface area contributed by atoms with Crippen molar-refractivity contribution in [1.29, 1.82) is 0 Å². The Labute approximate surface area is 83.8 Å². The van der Waals surface area contributed by atoms with Gasteiger partial charge in [0.1, 0.15) is 0 Å². The molecule has 0 saturated heterocycles. The zero-order valence-corrected chi connectivity index (χ0v) is 9.07. The van der Waals surface area contributed by atoms with Crippen LogP contribution >= 0.6 is 0 Å². The summed E-state index contributed by atoms with van der Waals surface area (Å²) in [5, 5.41) is 4.43. The molecular weight excluding hydrogens is 174 g/mol. The second kappa shape index (κ2) is 2.80. The van der Waals surface area contributed by atoms with E-state index in [2.05, 4.69) is 30.9 Å². The molecule has 0 spiro atoms. The van der Waals surface area contributed by atoms with Crippen LogP contribution in [0, 0.1) is 6.92 Å². The highest BCUT2D eigenvalue weighted by atomic mass is 15.2. The number of hydrogen-bond acceptors (Lipinski definition) is 2. The average Bonchev–Trinajstić information content (AvgIpc) is 2.38. The first-order valence-corrected chi connectivity index (χ1v) is 4.80. The summed E-state index contributed by atoms with van der Waals surface area (Å²) in [5.74, 6) is 0. The second-order valence-electron chi connectivity index (χ2n) is 4.60. The molecule has 0 radical (unpaired) electrons. The van der Waals surface area contributed by atoms with Crippen molar-refractivity contribution >= 4 is 5.65 Å². The van der Waals surface area contributed by atoms with Crippen LogP contribution in [-0.4, -0.2) is 14.6 Å². The monoisotopic (exact) mass is 189 g/mol. The topological polar surface area (TPSA) is 30.2 Å². The molecule has 0 atom stereocenters. The second-order valence-corrected chi connectivity index (χ2v) is 4.60. The number of fused-ring (bicyclic) bond motifs is 1. The third kappa shape index (κ3) is 1.29. The maximum absolute atomic E-state index is 4.43. The molecule has 0 bridgehead atoms. The highest BCUT2D eigenvalue weighted by Gasteiger charge is 2.22. The van der Waals surface area contributed by atoms with E-state index in [0.29, 0.717) is 0 Å². The van der Waals surface area contributed by atoms with E-state index in [1.165, 1.54) is 5.56 Å². The molecule has 0 aromatic carbocycles. The Kier molecular flexibility index (Phi) is 1.84. The van der Waals surface area contributed by atoms with Gasteiger partial charge in [-0.25, -0.2) is 9.50 Å². The Morgan fingerprint density at radius 1 is 1.29 bits per heavy atom. The molecule has 2 aromatic heterocycles. The molecule has 0 fully saturated rings. The first kappa shape index (κ1) is 9.19. The molecule has 0 aliphatic rings. The van der Waals surface area contributed by atoms with Gasteiger partial charge in [-0.3, -0.25) is 0 Å². The molecule has 2 aromatic rings. The van der Waals surface area contributed by atoms with E-state index in [4.69, 9.17) is 0 Å². The van der Waals surface area contributed by atoms with Crippen LogP contribution in [-0.2, 0) is 5.41 Å². The minimum atomic E-state index is 0.0974. The lowest BCUT2D eigenvalue weighted by Gasteiger charge is -2.17. The van der Waals surface area contributed by atoms with Gasteiger partial charge in [0.25, 0.3) is 0 Å². The van der Waals surface area contributed by atoms with Crippen LogP contribution in [0.5, 0.6) is 0 Å². The van der Waals surface area contributed by atoms with Crippen molar-refractivity contribution in [3.8, 4) is 0 Å². The number of aromatic nitrogens is 3. The van der Waals surface area contributed by atoms with Gasteiger partial charge in [-0.1, -0.05) is 20.8 Å². The summed E-state index contributed by atoms with van der Waals surface area (Å²) in [6.45, 7) is 8.60. The largest absolute Gasteiger partial charge is 0.237 e. The molecule has 0 amide bonds. The van der Waals surface area contributed by atoms with Gasteiger partial charge < -0.3 is 0 Å². The SMILES string of the molecule is Cc1nn2cccnc2c1C(C)(C)C. The van der Waals surface area contributed by atoms with Gasteiger partial charge in [-0.15, -0.1) is 0 Å². The zero-order valence-electron chi connectivity index (χ0n) is 9.07. The first-order valence-electron chi connectivity index (χ1n) is 4.80. The quantitative estimate of drug-likeness (QED) is 0.636. The third-order valence-corrected chi connectivity index (χ3v) is 2.32. The van der Waals surface area contributed by atoms with E-state index >= 15 is 0 Å². The van der Waals surface area contributed by atoms with E-state index < -0.39 is 0 Å². The van der Waals surface area contributed by atoms with Crippen LogP contribution < -0.4 is 0 Å². The first-order chi connectivity index (χ1) is 6.50. The molecule has 0 saturated carbocycles. The molecule has 2 heterocycles. The fourth-order valence-electron chi connectivity index (χ4n) is 1.87. The van der Waals surface area contributed by atoms with E-state index in [1.807, 2.05) is 29.9 Å². The van der Waals surface area contributed by atoms with Gasteiger partial charge >= 0.3 is 0 Å². The van der Waals surface area contributed by atoms with Crippen LogP contribution in [0.4, 0.5) is 0 Å². The molecule has 0 unspecified atom stereocenters. The van der Waals surface area contributed by atoms with E-state index in [1.54, 1.807) is 0 Å². The molecule has 0 aliphatic heterocycles. The predicted molar refractivity (Wildman–Crippen MR) is 56.4 cm³/mol. The summed E-state index contributed by atoms with van der Waals surface area (Å²) in [6.07, 6.45) is 3.75. The summed E-state index contributed by atoms with van der Waals surface area (Å²) in [4.78, 5) is 4.37. The molecule has 3 nitrogen and oxygen atoms in total. The number of hydrogen-bond donors (Lipinski definition) is 0. The van der Waals surface area contributed by atoms with Gasteiger partial charge in [0.15, 0.2) is 5.65 Å². The summed E-state index contributed by atoms with van der Waals surface area (Å²) >= 11 is 0. The molecular formula is C11H15N3. The Hall–Kier alpha value is -1.38. The van der Waals surface area contributed by atoms with Gasteiger partial charge in [-0.05, 0) is 18.4 Å². The number of aryl methyl sites for hydroxylation is 1. The summed E-state index contributed by atoms with van der Waals surface area (Å²) in [5.41, 5.74) is 3.37. The van der Waals surface area contributed by atoms with Crippen molar-refractivity contribution in [3.63, 3.8) is 0 Å². The van der Waals surface area contributed by atoms with Crippen molar-refractivity contribution in [2.75, 3.05) is 0 Å². The minimum Gasteiger partial charge on any atom is -0.237 e. The Bertz CT molecular complexity index is 463. The van der Waals surface area contributed by atoms with Crippen LogP contribution in [0.3, 0.4) is 0 Å². The van der Waals surface area contributed by atoms with Crippen LogP contribution in [0.25, 0.3) is 5.65 Å². The normalized spacial score (nSPS) is 12.3. The zero-order chi connectivity index (χ0) is 10.3. The van der Waals surface area contributed by atoms with Crippen molar-refractivity contribution < 1.29 is 0 Å². The highest BCUT2D eigenvalue weighted by Crippen LogP contribution is 2.27. The highest BCUT2D eigenvalue weighted by molar-refractivity contribution is 5.53. The van der Waals surface area contributed by atoms with E-state index in [0.717, 1.165) is 11.3 Å². The Morgan fingerprint density at radius 2 is 2.00 bits per heavy atom. The minimum absolute atomic E-state index is 0.0974. The lowest BCUT2D eigenvalue weighted by Crippen LogP contribution is -2.12. The van der Waals surface area contributed by atoms with Crippen LogP contribution in [0.2, 0.25) is 0 Å². The standard InChI is InChI=1S/C11H15N3/c1-8-9(11(2,3)4)10-12-6-5-7-14(10)13-8/h5-7H,1-4H3. The van der Waals surface area contributed by atoms with Gasteiger partial charge in [0.2, 0.25) is 0 Å². The lowest BCUT2D eigenvalue weighted by atomic mass is 9.87. The molecule has 0 aliphatic carbocycles. The Morgan fingerprint density at radius 3 is 2.64 bits per heavy atom. The van der Waals surface area contributed by atoms with Crippen molar-refractivity contribution in [3.05, 3.63) is 29.7 Å². The smallest absolute Gasteiger partial charge is 0.158 e. The van der Waals surface area contributed by atoms with Crippen molar-refractivity contribution in [1.82, 2.24) is 14.6 Å². The molecule has 14 heavy (non-hydrogen) atoms. The van der Waals surface area contributed by atoms with E-state index in [-0.39, 0.29) is 5.41 Å². The van der Waals surface area contributed by atoms with Gasteiger partial charge in [0, 0.05) is 18.0 Å². The molecule has 0 N–H and O–H groups in total.